The van der Waals surface area contributed by atoms with Crippen LogP contribution in [0.25, 0.3) is 0 Å². The molecule has 82 valence electrons. The van der Waals surface area contributed by atoms with Crippen molar-refractivity contribution in [1.29, 1.82) is 0 Å². The molecule has 0 bridgehead atoms. The summed E-state index contributed by atoms with van der Waals surface area (Å²) in [7, 11) is 0. The highest BCUT2D eigenvalue weighted by atomic mass is 16.4. The Balaban J connectivity index is 2.53. The molecule has 1 aliphatic rings. The Bertz CT molecular complexity index is 220. The van der Waals surface area contributed by atoms with Crippen LogP contribution in [0.4, 0.5) is 0 Å². The first kappa shape index (κ1) is 11.5. The van der Waals surface area contributed by atoms with Gasteiger partial charge in [0.25, 0.3) is 0 Å². The Hall–Kier alpha value is -0.570. The third-order valence-electron chi connectivity index (χ3n) is 3.35. The molecule has 1 heterocycles. The molecule has 0 aromatic carbocycles. The van der Waals surface area contributed by atoms with Crippen LogP contribution in [0.3, 0.4) is 0 Å². The van der Waals surface area contributed by atoms with Crippen molar-refractivity contribution in [1.82, 2.24) is 4.90 Å². The number of hydrogen-bond acceptors (Lipinski definition) is 2. The van der Waals surface area contributed by atoms with Crippen molar-refractivity contribution in [3.8, 4) is 0 Å². The predicted octanol–water partition coefficient (Wildman–Crippen LogP) is 1.83. The van der Waals surface area contributed by atoms with Crippen LogP contribution in [0, 0.1) is 11.3 Å². The molecule has 1 fully saturated rings. The number of carbonyl (C=O) groups is 1. The summed E-state index contributed by atoms with van der Waals surface area (Å²) in [6, 6.07) is -0.331. The molecule has 0 aromatic heterocycles. The number of aliphatic carboxylic acids is 1. The Morgan fingerprint density at radius 1 is 1.50 bits per heavy atom. The van der Waals surface area contributed by atoms with Gasteiger partial charge in [-0.3, -0.25) is 9.69 Å². The summed E-state index contributed by atoms with van der Waals surface area (Å²) in [6.45, 7) is 10.3. The summed E-state index contributed by atoms with van der Waals surface area (Å²) in [5.74, 6) is -0.0798. The van der Waals surface area contributed by atoms with Gasteiger partial charge in [-0.25, -0.2) is 0 Å². The Labute approximate surface area is 86.1 Å². The molecule has 1 rings (SSSR count). The maximum absolute atomic E-state index is 10.8. The number of carboxylic acids is 1. The fourth-order valence-corrected chi connectivity index (χ4v) is 2.00. The van der Waals surface area contributed by atoms with Crippen LogP contribution >= 0.6 is 0 Å². The first-order valence-corrected chi connectivity index (χ1v) is 5.29. The first-order chi connectivity index (χ1) is 6.32. The second kappa shape index (κ2) is 3.89. The zero-order valence-electron chi connectivity index (χ0n) is 9.58. The van der Waals surface area contributed by atoms with Gasteiger partial charge in [-0.05, 0) is 31.2 Å². The van der Waals surface area contributed by atoms with Crippen molar-refractivity contribution in [3.63, 3.8) is 0 Å². The van der Waals surface area contributed by atoms with E-state index in [0.717, 1.165) is 19.5 Å². The number of nitrogens with zero attached hydrogens (tertiary/aromatic N) is 1. The number of rotatable bonds is 2. The van der Waals surface area contributed by atoms with Gasteiger partial charge in [0.2, 0.25) is 0 Å². The van der Waals surface area contributed by atoms with Gasteiger partial charge in [0, 0.05) is 6.54 Å². The van der Waals surface area contributed by atoms with Gasteiger partial charge in [0.05, 0.1) is 0 Å². The Kier molecular flexibility index (Phi) is 3.20. The van der Waals surface area contributed by atoms with Crippen molar-refractivity contribution < 1.29 is 9.90 Å². The molecule has 14 heavy (non-hydrogen) atoms. The van der Waals surface area contributed by atoms with Crippen LogP contribution in [0.1, 0.15) is 34.1 Å². The smallest absolute Gasteiger partial charge is 0.320 e. The van der Waals surface area contributed by atoms with E-state index in [1.165, 1.54) is 0 Å². The third kappa shape index (κ3) is 2.47. The minimum Gasteiger partial charge on any atom is -0.480 e. The number of carboxylic acid groups (broad SMARTS) is 1. The van der Waals surface area contributed by atoms with Crippen LogP contribution < -0.4 is 0 Å². The van der Waals surface area contributed by atoms with Gasteiger partial charge in [-0.15, -0.1) is 0 Å². The quantitative estimate of drug-likeness (QED) is 0.737. The number of hydrogen-bond donors (Lipinski definition) is 1. The van der Waals surface area contributed by atoms with E-state index in [0.29, 0.717) is 11.3 Å². The highest BCUT2D eigenvalue weighted by molar-refractivity contribution is 5.72. The summed E-state index contributed by atoms with van der Waals surface area (Å²) in [6.07, 6.45) is 1.13. The van der Waals surface area contributed by atoms with Gasteiger partial charge < -0.3 is 5.11 Å². The fourth-order valence-electron chi connectivity index (χ4n) is 2.00. The van der Waals surface area contributed by atoms with Gasteiger partial charge >= 0.3 is 5.97 Å². The van der Waals surface area contributed by atoms with Gasteiger partial charge in [0.15, 0.2) is 0 Å². The lowest BCUT2D eigenvalue weighted by Crippen LogP contribution is -2.38. The largest absolute Gasteiger partial charge is 0.480 e. The van der Waals surface area contributed by atoms with Crippen molar-refractivity contribution >= 4 is 5.97 Å². The molecular formula is C11H21NO2. The molecule has 0 amide bonds. The third-order valence-corrected chi connectivity index (χ3v) is 3.35. The van der Waals surface area contributed by atoms with Crippen LogP contribution in [-0.2, 0) is 4.79 Å². The minimum atomic E-state index is -0.709. The van der Waals surface area contributed by atoms with Crippen LogP contribution in [0.15, 0.2) is 0 Å². The maximum atomic E-state index is 10.8. The zero-order valence-corrected chi connectivity index (χ0v) is 9.58. The van der Waals surface area contributed by atoms with Gasteiger partial charge in [-0.1, -0.05) is 20.8 Å². The molecule has 0 saturated carbocycles. The van der Waals surface area contributed by atoms with E-state index in [4.69, 9.17) is 5.11 Å². The highest BCUT2D eigenvalue weighted by Crippen LogP contribution is 2.34. The standard InChI is InChI=1S/C11H21NO2/c1-8(10(13)14)12-6-5-9(7-12)11(2,3)4/h8-9H,5-7H2,1-4H3,(H,13,14). The van der Waals surface area contributed by atoms with Crippen molar-refractivity contribution in [2.75, 3.05) is 13.1 Å². The van der Waals surface area contributed by atoms with Crippen LogP contribution in [0.2, 0.25) is 0 Å². The molecule has 3 nitrogen and oxygen atoms in total. The van der Waals surface area contributed by atoms with E-state index in [2.05, 4.69) is 25.7 Å². The molecule has 0 aliphatic carbocycles. The normalized spacial score (nSPS) is 26.4. The average Bonchev–Trinajstić information content (AvgIpc) is 2.49. The molecule has 1 aliphatic heterocycles. The van der Waals surface area contributed by atoms with E-state index in [-0.39, 0.29) is 6.04 Å². The molecule has 2 unspecified atom stereocenters. The molecule has 3 heteroatoms. The Morgan fingerprint density at radius 3 is 2.43 bits per heavy atom. The summed E-state index contributed by atoms with van der Waals surface area (Å²) < 4.78 is 0. The van der Waals surface area contributed by atoms with Crippen molar-refractivity contribution in [3.05, 3.63) is 0 Å². The highest BCUT2D eigenvalue weighted by Gasteiger charge is 2.35. The average molecular weight is 199 g/mol. The fraction of sp³-hybridized carbons (Fsp3) is 0.909. The van der Waals surface area contributed by atoms with E-state index in [9.17, 15) is 4.79 Å². The molecule has 1 N–H and O–H groups in total. The van der Waals surface area contributed by atoms with Crippen LogP contribution in [0.5, 0.6) is 0 Å². The molecule has 0 aromatic rings. The summed E-state index contributed by atoms with van der Waals surface area (Å²) in [5.41, 5.74) is 0.299. The lowest BCUT2D eigenvalue weighted by Gasteiger charge is -2.28. The molecule has 1 saturated heterocycles. The molecule has 0 radical (unpaired) electrons. The lowest BCUT2D eigenvalue weighted by atomic mass is 9.80. The topological polar surface area (TPSA) is 40.5 Å². The second-order valence-electron chi connectivity index (χ2n) is 5.36. The van der Waals surface area contributed by atoms with Gasteiger partial charge in [-0.2, -0.15) is 0 Å². The number of likely N-dealkylation sites (tertiary alicyclic amines) is 1. The first-order valence-electron chi connectivity index (χ1n) is 5.29. The maximum Gasteiger partial charge on any atom is 0.320 e. The minimum absolute atomic E-state index is 0.299. The molecule has 0 spiro atoms. The SMILES string of the molecule is CC(C(=O)O)N1CCC(C(C)(C)C)C1. The van der Waals surface area contributed by atoms with E-state index in [1.54, 1.807) is 6.92 Å². The zero-order chi connectivity index (χ0) is 10.9. The van der Waals surface area contributed by atoms with E-state index >= 15 is 0 Å². The van der Waals surface area contributed by atoms with Gasteiger partial charge in [0.1, 0.15) is 6.04 Å². The summed E-state index contributed by atoms with van der Waals surface area (Å²) in [4.78, 5) is 12.9. The Morgan fingerprint density at radius 2 is 2.07 bits per heavy atom. The van der Waals surface area contributed by atoms with E-state index in [1.807, 2.05) is 0 Å². The lowest BCUT2D eigenvalue weighted by molar-refractivity contribution is -0.142. The second-order valence-corrected chi connectivity index (χ2v) is 5.36. The molecular weight excluding hydrogens is 178 g/mol. The predicted molar refractivity (Wildman–Crippen MR) is 56.2 cm³/mol. The van der Waals surface area contributed by atoms with E-state index < -0.39 is 5.97 Å². The van der Waals surface area contributed by atoms with Crippen molar-refractivity contribution in [2.24, 2.45) is 11.3 Å². The van der Waals surface area contributed by atoms with Crippen molar-refractivity contribution in [2.45, 2.75) is 40.2 Å². The monoisotopic (exact) mass is 199 g/mol. The van der Waals surface area contributed by atoms with Crippen LogP contribution in [-0.4, -0.2) is 35.1 Å². The summed E-state index contributed by atoms with van der Waals surface area (Å²) >= 11 is 0. The molecule has 2 atom stereocenters. The summed E-state index contributed by atoms with van der Waals surface area (Å²) in [5, 5.41) is 8.89.